The van der Waals surface area contributed by atoms with Crippen LogP contribution in [-0.4, -0.2) is 39.0 Å². The Morgan fingerprint density at radius 1 is 1.15 bits per heavy atom. The zero-order valence-corrected chi connectivity index (χ0v) is 14.6. The third-order valence-corrected chi connectivity index (χ3v) is 5.10. The average molecular weight is 358 g/mol. The van der Waals surface area contributed by atoms with Gasteiger partial charge in [0.1, 0.15) is 0 Å². The Hall–Kier alpha value is -3.41. The number of H-pyrrole nitrogens is 1. The van der Waals surface area contributed by atoms with E-state index in [2.05, 4.69) is 15.1 Å². The molecule has 134 valence electrons. The number of nitrogens with zero attached hydrogens (tertiary/aromatic N) is 3. The van der Waals surface area contributed by atoms with Crippen LogP contribution < -0.4 is 0 Å². The first-order valence-corrected chi connectivity index (χ1v) is 9.03. The number of aromatic amines is 1. The van der Waals surface area contributed by atoms with Gasteiger partial charge in [0, 0.05) is 35.9 Å². The Morgan fingerprint density at radius 3 is 2.93 bits per heavy atom. The molecule has 5 rings (SSSR count). The van der Waals surface area contributed by atoms with E-state index in [1.807, 2.05) is 65.7 Å². The second-order valence-corrected chi connectivity index (χ2v) is 6.84. The average Bonchev–Trinajstić information content (AvgIpc) is 3.47. The maximum Gasteiger partial charge on any atom is 0.253 e. The van der Waals surface area contributed by atoms with Crippen molar-refractivity contribution in [3.05, 3.63) is 72.2 Å². The molecular formula is C21H18N4O2. The van der Waals surface area contributed by atoms with Gasteiger partial charge in [-0.3, -0.25) is 4.79 Å². The Kier molecular flexibility index (Phi) is 3.74. The maximum absolute atomic E-state index is 12.9. The summed E-state index contributed by atoms with van der Waals surface area (Å²) in [5.74, 6) is 1.31. The van der Waals surface area contributed by atoms with Crippen LogP contribution in [0.1, 0.15) is 28.6 Å². The fraction of sp³-hybridized carbons (Fsp3) is 0.190. The van der Waals surface area contributed by atoms with Crippen LogP contribution >= 0.6 is 0 Å². The summed E-state index contributed by atoms with van der Waals surface area (Å²) in [7, 11) is 0. The Labute approximate surface area is 155 Å². The summed E-state index contributed by atoms with van der Waals surface area (Å²) in [6, 6.07) is 17.5. The van der Waals surface area contributed by atoms with Crippen LogP contribution in [0.3, 0.4) is 0 Å². The van der Waals surface area contributed by atoms with Crippen LogP contribution in [0.5, 0.6) is 0 Å². The highest BCUT2D eigenvalue weighted by molar-refractivity contribution is 5.98. The topological polar surface area (TPSA) is 75.0 Å². The molecule has 1 unspecified atom stereocenters. The summed E-state index contributed by atoms with van der Waals surface area (Å²) >= 11 is 0. The molecule has 1 fully saturated rings. The molecule has 1 aliphatic heterocycles. The number of amides is 1. The van der Waals surface area contributed by atoms with Crippen molar-refractivity contribution in [1.82, 2.24) is 20.0 Å². The normalized spacial score (nSPS) is 16.9. The van der Waals surface area contributed by atoms with Crippen molar-refractivity contribution < 1.29 is 9.32 Å². The zero-order chi connectivity index (χ0) is 18.2. The predicted octanol–water partition coefficient (Wildman–Crippen LogP) is 3.85. The van der Waals surface area contributed by atoms with Crippen molar-refractivity contribution in [2.75, 3.05) is 13.1 Å². The van der Waals surface area contributed by atoms with E-state index in [4.69, 9.17) is 4.52 Å². The Morgan fingerprint density at radius 2 is 2.04 bits per heavy atom. The fourth-order valence-corrected chi connectivity index (χ4v) is 3.62. The largest absolute Gasteiger partial charge is 0.361 e. The van der Waals surface area contributed by atoms with Crippen LogP contribution in [0.15, 0.2) is 65.3 Å². The molecule has 6 heteroatoms. The molecule has 1 aliphatic rings. The second-order valence-electron chi connectivity index (χ2n) is 6.84. The summed E-state index contributed by atoms with van der Waals surface area (Å²) in [6.07, 6.45) is 2.71. The summed E-state index contributed by atoms with van der Waals surface area (Å²) in [5, 5.41) is 5.20. The molecular weight excluding hydrogens is 340 g/mol. The minimum atomic E-state index is 0.0387. The number of likely N-dealkylation sites (tertiary alicyclic amines) is 1. The molecule has 6 nitrogen and oxygen atoms in total. The molecule has 0 radical (unpaired) electrons. The van der Waals surface area contributed by atoms with Crippen molar-refractivity contribution in [3.8, 4) is 11.4 Å². The second kappa shape index (κ2) is 6.39. The van der Waals surface area contributed by atoms with E-state index in [-0.39, 0.29) is 11.8 Å². The molecule has 27 heavy (non-hydrogen) atoms. The number of fused-ring (bicyclic) bond motifs is 1. The first kappa shape index (κ1) is 15.8. The molecule has 1 saturated heterocycles. The van der Waals surface area contributed by atoms with E-state index in [1.165, 1.54) is 0 Å². The van der Waals surface area contributed by atoms with Crippen LogP contribution in [0.25, 0.3) is 22.3 Å². The van der Waals surface area contributed by atoms with Gasteiger partial charge in [0.15, 0.2) is 0 Å². The van der Waals surface area contributed by atoms with Gasteiger partial charge in [0.25, 0.3) is 5.91 Å². The van der Waals surface area contributed by atoms with Crippen LogP contribution in [0, 0.1) is 0 Å². The standard InChI is InChI=1S/C21H18N4O2/c26-21(16-7-6-14-8-10-22-18(14)12-16)25-11-9-17(13-25)20-23-19(24-27-20)15-4-2-1-3-5-15/h1-8,10,12,17,22H,9,11,13H2. The lowest BCUT2D eigenvalue weighted by Gasteiger charge is -2.15. The molecule has 4 aromatic rings. The first-order chi connectivity index (χ1) is 13.3. The maximum atomic E-state index is 12.9. The number of carbonyl (C=O) groups excluding carboxylic acids is 1. The van der Waals surface area contributed by atoms with Gasteiger partial charge in [0.05, 0.1) is 5.92 Å². The van der Waals surface area contributed by atoms with Gasteiger partial charge in [-0.05, 0) is 30.0 Å². The van der Waals surface area contributed by atoms with Gasteiger partial charge in [0.2, 0.25) is 11.7 Å². The van der Waals surface area contributed by atoms with Crippen molar-refractivity contribution in [1.29, 1.82) is 0 Å². The molecule has 1 N–H and O–H groups in total. The van der Waals surface area contributed by atoms with Gasteiger partial charge in [-0.2, -0.15) is 4.98 Å². The Balaban J connectivity index is 1.32. The number of benzene rings is 2. The van der Waals surface area contributed by atoms with Crippen LogP contribution in [0.4, 0.5) is 0 Å². The lowest BCUT2D eigenvalue weighted by molar-refractivity contribution is 0.0789. The number of rotatable bonds is 3. The molecule has 0 aliphatic carbocycles. The molecule has 0 bridgehead atoms. The molecule has 2 aromatic heterocycles. The summed E-state index contributed by atoms with van der Waals surface area (Å²) in [4.78, 5) is 22.4. The van der Waals surface area contributed by atoms with Crippen molar-refractivity contribution in [3.63, 3.8) is 0 Å². The van der Waals surface area contributed by atoms with Gasteiger partial charge >= 0.3 is 0 Å². The SMILES string of the molecule is O=C(c1ccc2cc[nH]c2c1)N1CCC(c2nc(-c3ccccc3)no2)C1. The van der Waals surface area contributed by atoms with E-state index in [0.717, 1.165) is 22.9 Å². The van der Waals surface area contributed by atoms with Crippen molar-refractivity contribution in [2.24, 2.45) is 0 Å². The third-order valence-electron chi connectivity index (χ3n) is 5.10. The highest BCUT2D eigenvalue weighted by Gasteiger charge is 2.31. The lowest BCUT2D eigenvalue weighted by atomic mass is 10.1. The first-order valence-electron chi connectivity index (χ1n) is 9.03. The van der Waals surface area contributed by atoms with Crippen LogP contribution in [-0.2, 0) is 0 Å². The molecule has 0 saturated carbocycles. The smallest absolute Gasteiger partial charge is 0.253 e. The highest BCUT2D eigenvalue weighted by Crippen LogP contribution is 2.29. The van der Waals surface area contributed by atoms with Crippen LogP contribution in [0.2, 0.25) is 0 Å². The molecule has 1 amide bonds. The summed E-state index contributed by atoms with van der Waals surface area (Å²) in [6.45, 7) is 1.29. The molecule has 3 heterocycles. The van der Waals surface area contributed by atoms with E-state index in [0.29, 0.717) is 30.4 Å². The fourth-order valence-electron chi connectivity index (χ4n) is 3.62. The minimum absolute atomic E-state index is 0.0387. The van der Waals surface area contributed by atoms with Gasteiger partial charge in [-0.15, -0.1) is 0 Å². The zero-order valence-electron chi connectivity index (χ0n) is 14.6. The highest BCUT2D eigenvalue weighted by atomic mass is 16.5. The summed E-state index contributed by atoms with van der Waals surface area (Å²) < 4.78 is 5.48. The van der Waals surface area contributed by atoms with Gasteiger partial charge in [-0.25, -0.2) is 0 Å². The molecule has 2 aromatic carbocycles. The van der Waals surface area contributed by atoms with Gasteiger partial charge < -0.3 is 14.4 Å². The van der Waals surface area contributed by atoms with Crippen molar-refractivity contribution in [2.45, 2.75) is 12.3 Å². The number of nitrogens with one attached hydrogen (secondary N) is 1. The third kappa shape index (κ3) is 2.89. The number of aromatic nitrogens is 3. The number of carbonyl (C=O) groups is 1. The Bertz CT molecular complexity index is 1100. The molecule has 0 spiro atoms. The number of hydrogen-bond acceptors (Lipinski definition) is 4. The predicted molar refractivity (Wildman–Crippen MR) is 101 cm³/mol. The molecule has 1 atom stereocenters. The lowest BCUT2D eigenvalue weighted by Crippen LogP contribution is -2.28. The number of hydrogen-bond donors (Lipinski definition) is 1. The minimum Gasteiger partial charge on any atom is -0.361 e. The van der Waals surface area contributed by atoms with E-state index in [9.17, 15) is 4.79 Å². The monoisotopic (exact) mass is 358 g/mol. The van der Waals surface area contributed by atoms with E-state index < -0.39 is 0 Å². The summed E-state index contributed by atoms with van der Waals surface area (Å²) in [5.41, 5.74) is 2.60. The van der Waals surface area contributed by atoms with E-state index >= 15 is 0 Å². The quantitative estimate of drug-likeness (QED) is 0.604. The van der Waals surface area contributed by atoms with Crippen molar-refractivity contribution >= 4 is 16.8 Å². The van der Waals surface area contributed by atoms with E-state index in [1.54, 1.807) is 0 Å². The van der Waals surface area contributed by atoms with Gasteiger partial charge in [-0.1, -0.05) is 41.6 Å².